The van der Waals surface area contributed by atoms with E-state index in [-0.39, 0.29) is 6.04 Å². The van der Waals surface area contributed by atoms with Crippen LogP contribution in [0.3, 0.4) is 0 Å². The average molecular weight is 231 g/mol. The van der Waals surface area contributed by atoms with E-state index < -0.39 is 0 Å². The van der Waals surface area contributed by atoms with E-state index in [9.17, 15) is 0 Å². The van der Waals surface area contributed by atoms with Gasteiger partial charge in [-0.1, -0.05) is 0 Å². The quantitative estimate of drug-likeness (QED) is 0.878. The van der Waals surface area contributed by atoms with Gasteiger partial charge in [-0.2, -0.15) is 0 Å². The van der Waals surface area contributed by atoms with Gasteiger partial charge < -0.3 is 15.0 Å². The minimum absolute atomic E-state index is 0.0379. The highest BCUT2D eigenvalue weighted by atomic mass is 16.5. The van der Waals surface area contributed by atoms with Gasteiger partial charge >= 0.3 is 0 Å². The molecule has 1 heterocycles. The standard InChI is InChI=1S/C13H17N3O/c1-3-17-12-6-4-11(5-7-12)16-9-15-8-13(16)10(2)14/h4-10H,3,14H2,1-2H3. The molecule has 0 saturated heterocycles. The van der Waals surface area contributed by atoms with Gasteiger partial charge in [0.1, 0.15) is 5.75 Å². The molecule has 0 radical (unpaired) electrons. The molecule has 4 nitrogen and oxygen atoms in total. The first-order valence-corrected chi connectivity index (χ1v) is 5.73. The Bertz CT molecular complexity index is 474. The first-order chi connectivity index (χ1) is 8.22. The van der Waals surface area contributed by atoms with Gasteiger partial charge in [0.25, 0.3) is 0 Å². The molecule has 1 aromatic heterocycles. The van der Waals surface area contributed by atoms with Crippen LogP contribution < -0.4 is 10.5 Å². The molecule has 0 amide bonds. The van der Waals surface area contributed by atoms with Gasteiger partial charge in [-0.3, -0.25) is 0 Å². The molecule has 0 aliphatic rings. The van der Waals surface area contributed by atoms with Gasteiger partial charge in [0.2, 0.25) is 0 Å². The lowest BCUT2D eigenvalue weighted by Crippen LogP contribution is -2.10. The van der Waals surface area contributed by atoms with Crippen LogP contribution in [-0.2, 0) is 0 Å². The second-order valence-electron chi connectivity index (χ2n) is 3.90. The molecule has 2 N–H and O–H groups in total. The summed E-state index contributed by atoms with van der Waals surface area (Å²) < 4.78 is 7.39. The third-order valence-corrected chi connectivity index (χ3v) is 2.56. The number of hydrogen-bond acceptors (Lipinski definition) is 3. The molecule has 0 aliphatic carbocycles. The number of ether oxygens (including phenoxy) is 1. The summed E-state index contributed by atoms with van der Waals surface area (Å²) in [5, 5.41) is 0. The fourth-order valence-corrected chi connectivity index (χ4v) is 1.73. The minimum Gasteiger partial charge on any atom is -0.494 e. The summed E-state index contributed by atoms with van der Waals surface area (Å²) in [5.74, 6) is 0.874. The van der Waals surface area contributed by atoms with Crippen LogP contribution in [0.1, 0.15) is 25.6 Å². The zero-order valence-corrected chi connectivity index (χ0v) is 10.1. The topological polar surface area (TPSA) is 53.1 Å². The summed E-state index contributed by atoms with van der Waals surface area (Å²) in [6, 6.07) is 7.86. The Kier molecular flexibility index (Phi) is 3.44. The first kappa shape index (κ1) is 11.7. The largest absolute Gasteiger partial charge is 0.494 e. The number of benzene rings is 1. The summed E-state index contributed by atoms with van der Waals surface area (Å²) in [6.07, 6.45) is 3.56. The van der Waals surface area contributed by atoms with E-state index in [1.807, 2.05) is 42.7 Å². The van der Waals surface area contributed by atoms with Crippen molar-refractivity contribution >= 4 is 0 Å². The number of rotatable bonds is 4. The van der Waals surface area contributed by atoms with E-state index in [0.717, 1.165) is 17.1 Å². The first-order valence-electron chi connectivity index (χ1n) is 5.73. The van der Waals surface area contributed by atoms with Crippen LogP contribution in [0.4, 0.5) is 0 Å². The van der Waals surface area contributed by atoms with Crippen LogP contribution in [0.2, 0.25) is 0 Å². The Hall–Kier alpha value is -1.81. The predicted octanol–water partition coefficient (Wildman–Crippen LogP) is 2.29. The lowest BCUT2D eigenvalue weighted by atomic mass is 10.2. The molecule has 1 unspecified atom stereocenters. The van der Waals surface area contributed by atoms with Crippen molar-refractivity contribution in [2.45, 2.75) is 19.9 Å². The Labute approximate surface area is 101 Å². The molecule has 1 aromatic carbocycles. The Morgan fingerprint density at radius 2 is 2.06 bits per heavy atom. The van der Waals surface area contributed by atoms with Crippen LogP contribution in [-0.4, -0.2) is 16.2 Å². The van der Waals surface area contributed by atoms with Crippen molar-refractivity contribution < 1.29 is 4.74 Å². The average Bonchev–Trinajstić information content (AvgIpc) is 2.79. The lowest BCUT2D eigenvalue weighted by molar-refractivity contribution is 0.340. The van der Waals surface area contributed by atoms with E-state index in [1.165, 1.54) is 0 Å². The molecular weight excluding hydrogens is 214 g/mol. The van der Waals surface area contributed by atoms with Crippen molar-refractivity contribution in [1.29, 1.82) is 0 Å². The monoisotopic (exact) mass is 231 g/mol. The fraction of sp³-hybridized carbons (Fsp3) is 0.308. The van der Waals surface area contributed by atoms with E-state index in [0.29, 0.717) is 6.61 Å². The van der Waals surface area contributed by atoms with Gasteiger partial charge in [-0.05, 0) is 38.1 Å². The Morgan fingerprint density at radius 3 is 2.65 bits per heavy atom. The van der Waals surface area contributed by atoms with Crippen LogP contribution in [0, 0.1) is 0 Å². The van der Waals surface area contributed by atoms with Crippen molar-refractivity contribution in [1.82, 2.24) is 9.55 Å². The smallest absolute Gasteiger partial charge is 0.119 e. The summed E-state index contributed by atoms with van der Waals surface area (Å²) in [7, 11) is 0. The van der Waals surface area contributed by atoms with Crippen molar-refractivity contribution in [3.8, 4) is 11.4 Å². The van der Waals surface area contributed by atoms with Crippen LogP contribution in [0.15, 0.2) is 36.8 Å². The minimum atomic E-state index is -0.0379. The molecule has 17 heavy (non-hydrogen) atoms. The van der Waals surface area contributed by atoms with Gasteiger partial charge in [0.05, 0.1) is 24.8 Å². The molecule has 0 saturated carbocycles. The lowest BCUT2D eigenvalue weighted by Gasteiger charge is -2.11. The number of nitrogens with zero attached hydrogens (tertiary/aromatic N) is 2. The molecule has 2 rings (SSSR count). The van der Waals surface area contributed by atoms with Crippen molar-refractivity contribution in [2.75, 3.05) is 6.61 Å². The van der Waals surface area contributed by atoms with Gasteiger partial charge in [-0.25, -0.2) is 4.98 Å². The van der Waals surface area contributed by atoms with Crippen LogP contribution >= 0.6 is 0 Å². The zero-order chi connectivity index (χ0) is 12.3. The van der Waals surface area contributed by atoms with Gasteiger partial charge in [0, 0.05) is 11.7 Å². The normalized spacial score (nSPS) is 12.4. The highest BCUT2D eigenvalue weighted by molar-refractivity contribution is 5.39. The molecule has 1 atom stereocenters. The predicted molar refractivity (Wildman–Crippen MR) is 67.3 cm³/mol. The third-order valence-electron chi connectivity index (χ3n) is 2.56. The van der Waals surface area contributed by atoms with E-state index in [1.54, 1.807) is 12.5 Å². The second kappa shape index (κ2) is 5.01. The highest BCUT2D eigenvalue weighted by Crippen LogP contribution is 2.19. The summed E-state index contributed by atoms with van der Waals surface area (Å²) >= 11 is 0. The maximum Gasteiger partial charge on any atom is 0.119 e. The summed E-state index contributed by atoms with van der Waals surface area (Å²) in [5.41, 5.74) is 7.92. The van der Waals surface area contributed by atoms with Gasteiger partial charge in [0.15, 0.2) is 0 Å². The molecule has 90 valence electrons. The maximum atomic E-state index is 5.89. The van der Waals surface area contributed by atoms with Gasteiger partial charge in [-0.15, -0.1) is 0 Å². The van der Waals surface area contributed by atoms with Crippen LogP contribution in [0.5, 0.6) is 5.75 Å². The summed E-state index contributed by atoms with van der Waals surface area (Å²) in [6.45, 7) is 4.59. The number of hydrogen-bond donors (Lipinski definition) is 1. The SMILES string of the molecule is CCOc1ccc(-n2cncc2C(C)N)cc1. The van der Waals surface area contributed by atoms with Crippen LogP contribution in [0.25, 0.3) is 5.69 Å². The van der Waals surface area contributed by atoms with E-state index in [4.69, 9.17) is 10.5 Å². The Morgan fingerprint density at radius 1 is 1.35 bits per heavy atom. The second-order valence-corrected chi connectivity index (χ2v) is 3.90. The number of imidazole rings is 1. The number of nitrogens with two attached hydrogens (primary N) is 1. The van der Waals surface area contributed by atoms with E-state index >= 15 is 0 Å². The molecule has 2 aromatic rings. The molecule has 0 spiro atoms. The van der Waals surface area contributed by atoms with Crippen molar-refractivity contribution in [3.05, 3.63) is 42.5 Å². The van der Waals surface area contributed by atoms with Crippen molar-refractivity contribution in [2.24, 2.45) is 5.73 Å². The molecule has 4 heteroatoms. The Balaban J connectivity index is 2.30. The molecule has 0 fully saturated rings. The summed E-state index contributed by atoms with van der Waals surface area (Å²) in [4.78, 5) is 4.13. The molecular formula is C13H17N3O. The fourth-order valence-electron chi connectivity index (χ4n) is 1.73. The zero-order valence-electron chi connectivity index (χ0n) is 10.1. The maximum absolute atomic E-state index is 5.89. The van der Waals surface area contributed by atoms with Crippen molar-refractivity contribution in [3.63, 3.8) is 0 Å². The number of aromatic nitrogens is 2. The molecule has 0 aliphatic heterocycles. The molecule has 0 bridgehead atoms. The highest BCUT2D eigenvalue weighted by Gasteiger charge is 2.08. The van der Waals surface area contributed by atoms with E-state index in [2.05, 4.69) is 4.98 Å². The third kappa shape index (κ3) is 2.47.